The first-order valence-corrected chi connectivity index (χ1v) is 5.42. The van der Waals surface area contributed by atoms with E-state index in [1.165, 1.54) is 30.5 Å². The van der Waals surface area contributed by atoms with Crippen LogP contribution in [0, 0.1) is 0 Å². The van der Waals surface area contributed by atoms with Gasteiger partial charge in [0.05, 0.1) is 5.69 Å². The smallest absolute Gasteiger partial charge is 0.256 e. The number of phenols is 1. The van der Waals surface area contributed by atoms with Gasteiger partial charge in [0.2, 0.25) is 5.56 Å². The summed E-state index contributed by atoms with van der Waals surface area (Å²) in [6.07, 6.45) is 1.37. The van der Waals surface area contributed by atoms with Gasteiger partial charge in [0, 0.05) is 22.8 Å². The number of carbonyl (C=O) groups is 1. The van der Waals surface area contributed by atoms with Gasteiger partial charge in [0.1, 0.15) is 5.75 Å². The van der Waals surface area contributed by atoms with Gasteiger partial charge in [-0.05, 0) is 24.3 Å². The minimum Gasteiger partial charge on any atom is -0.506 e. The van der Waals surface area contributed by atoms with E-state index in [0.29, 0.717) is 5.02 Å². The number of hydrogen-bond acceptors (Lipinski definition) is 3. The number of phenolic OH excluding ortho intramolecular Hbond substituents is 1. The van der Waals surface area contributed by atoms with Gasteiger partial charge >= 0.3 is 0 Å². The summed E-state index contributed by atoms with van der Waals surface area (Å²) in [4.78, 5) is 25.3. The summed E-state index contributed by atoms with van der Waals surface area (Å²) >= 11 is 5.75. The minimum atomic E-state index is -0.501. The standard InChI is InChI=1S/C12H9ClN2O3/c13-8-1-2-10(16)9(6-8)15-12(18)7-3-4-14-11(17)5-7/h1-6,16H,(H,14,17)(H,15,18). The van der Waals surface area contributed by atoms with Gasteiger partial charge in [-0.3, -0.25) is 9.59 Å². The lowest BCUT2D eigenvalue weighted by atomic mass is 10.2. The molecule has 0 unspecified atom stereocenters. The second kappa shape index (κ2) is 4.93. The summed E-state index contributed by atoms with van der Waals surface area (Å²) in [5.41, 5.74) is 0.00359. The molecule has 0 fully saturated rings. The third-order valence-corrected chi connectivity index (χ3v) is 2.48. The molecule has 1 heterocycles. The van der Waals surface area contributed by atoms with Crippen molar-refractivity contribution >= 4 is 23.2 Å². The summed E-state index contributed by atoms with van der Waals surface area (Å²) in [5.74, 6) is -0.601. The Balaban J connectivity index is 2.26. The maximum absolute atomic E-state index is 11.8. The van der Waals surface area contributed by atoms with Gasteiger partial charge < -0.3 is 15.4 Å². The molecule has 6 heteroatoms. The van der Waals surface area contributed by atoms with Crippen molar-refractivity contribution in [3.8, 4) is 5.75 Å². The van der Waals surface area contributed by atoms with Crippen LogP contribution in [0.1, 0.15) is 10.4 Å². The van der Waals surface area contributed by atoms with Crippen molar-refractivity contribution in [1.29, 1.82) is 0 Å². The largest absolute Gasteiger partial charge is 0.506 e. The number of aromatic hydroxyl groups is 1. The lowest BCUT2D eigenvalue weighted by Gasteiger charge is -2.07. The Bertz CT molecular complexity index is 652. The molecule has 92 valence electrons. The van der Waals surface area contributed by atoms with Crippen LogP contribution in [-0.4, -0.2) is 16.0 Å². The molecule has 3 N–H and O–H groups in total. The third kappa shape index (κ3) is 2.70. The van der Waals surface area contributed by atoms with E-state index in [1.807, 2.05) is 0 Å². The lowest BCUT2D eigenvalue weighted by molar-refractivity contribution is 0.102. The zero-order valence-electron chi connectivity index (χ0n) is 9.11. The summed E-state index contributed by atoms with van der Waals surface area (Å²) < 4.78 is 0. The highest BCUT2D eigenvalue weighted by Crippen LogP contribution is 2.26. The van der Waals surface area contributed by atoms with E-state index >= 15 is 0 Å². The van der Waals surface area contributed by atoms with Crippen LogP contribution in [0.4, 0.5) is 5.69 Å². The first kappa shape index (κ1) is 12.2. The molecular formula is C12H9ClN2O3. The number of hydrogen-bond donors (Lipinski definition) is 3. The normalized spacial score (nSPS) is 10.1. The molecule has 0 atom stereocenters. The van der Waals surface area contributed by atoms with Gasteiger partial charge in [-0.15, -0.1) is 0 Å². The topological polar surface area (TPSA) is 82.2 Å². The summed E-state index contributed by atoms with van der Waals surface area (Å²) in [5, 5.41) is 12.4. The van der Waals surface area contributed by atoms with Crippen molar-refractivity contribution < 1.29 is 9.90 Å². The fourth-order valence-electron chi connectivity index (χ4n) is 1.39. The van der Waals surface area contributed by atoms with E-state index < -0.39 is 5.91 Å². The molecule has 1 aromatic carbocycles. The molecule has 0 aliphatic carbocycles. The number of halogens is 1. The van der Waals surface area contributed by atoms with Gasteiger partial charge in [-0.1, -0.05) is 11.6 Å². The van der Waals surface area contributed by atoms with Crippen LogP contribution in [0.2, 0.25) is 5.02 Å². The number of H-pyrrole nitrogens is 1. The second-order valence-corrected chi connectivity index (χ2v) is 3.99. The number of nitrogens with one attached hydrogen (secondary N) is 2. The summed E-state index contributed by atoms with van der Waals surface area (Å²) in [6.45, 7) is 0. The maximum atomic E-state index is 11.8. The minimum absolute atomic E-state index is 0.0995. The van der Waals surface area contributed by atoms with Crippen molar-refractivity contribution in [3.05, 3.63) is 57.5 Å². The van der Waals surface area contributed by atoms with Crippen LogP contribution < -0.4 is 10.9 Å². The molecule has 0 aliphatic rings. The Morgan fingerprint density at radius 2 is 2.06 bits per heavy atom. The zero-order chi connectivity index (χ0) is 13.1. The van der Waals surface area contributed by atoms with E-state index in [2.05, 4.69) is 10.3 Å². The molecule has 0 bridgehead atoms. The fraction of sp³-hybridized carbons (Fsp3) is 0. The van der Waals surface area contributed by atoms with Crippen molar-refractivity contribution in [2.24, 2.45) is 0 Å². The van der Waals surface area contributed by atoms with Gasteiger partial charge in [0.15, 0.2) is 0 Å². The molecule has 18 heavy (non-hydrogen) atoms. The Hall–Kier alpha value is -2.27. The third-order valence-electron chi connectivity index (χ3n) is 2.24. The predicted molar refractivity (Wildman–Crippen MR) is 68.1 cm³/mol. The maximum Gasteiger partial charge on any atom is 0.256 e. The summed E-state index contributed by atoms with van der Waals surface area (Å²) in [6, 6.07) is 6.91. The number of aromatic nitrogens is 1. The quantitative estimate of drug-likeness (QED) is 0.726. The first-order valence-electron chi connectivity index (χ1n) is 5.05. The van der Waals surface area contributed by atoms with E-state index in [-0.39, 0.29) is 22.6 Å². The number of aromatic amines is 1. The Labute approximate surface area is 107 Å². The molecule has 0 radical (unpaired) electrons. The predicted octanol–water partition coefficient (Wildman–Crippen LogP) is 1.99. The molecule has 0 spiro atoms. The number of rotatable bonds is 2. The number of benzene rings is 1. The van der Waals surface area contributed by atoms with Crippen molar-refractivity contribution in [3.63, 3.8) is 0 Å². The molecule has 0 saturated carbocycles. The average Bonchev–Trinajstić information content (AvgIpc) is 2.34. The average molecular weight is 265 g/mol. The van der Waals surface area contributed by atoms with E-state index in [4.69, 9.17) is 11.6 Å². The van der Waals surface area contributed by atoms with Crippen LogP contribution in [-0.2, 0) is 0 Å². The van der Waals surface area contributed by atoms with Gasteiger partial charge in [-0.2, -0.15) is 0 Å². The Morgan fingerprint density at radius 1 is 1.28 bits per heavy atom. The van der Waals surface area contributed by atoms with Crippen LogP contribution in [0.15, 0.2) is 41.3 Å². The lowest BCUT2D eigenvalue weighted by Crippen LogP contribution is -2.15. The fourth-order valence-corrected chi connectivity index (χ4v) is 1.56. The van der Waals surface area contributed by atoms with E-state index in [1.54, 1.807) is 0 Å². The molecule has 1 aromatic heterocycles. The van der Waals surface area contributed by atoms with Crippen molar-refractivity contribution in [1.82, 2.24) is 4.98 Å². The van der Waals surface area contributed by atoms with E-state index in [0.717, 1.165) is 6.07 Å². The zero-order valence-corrected chi connectivity index (χ0v) is 9.86. The second-order valence-electron chi connectivity index (χ2n) is 3.56. The monoisotopic (exact) mass is 264 g/mol. The Kier molecular flexibility index (Phi) is 3.34. The van der Waals surface area contributed by atoms with Gasteiger partial charge in [0.25, 0.3) is 5.91 Å². The highest BCUT2D eigenvalue weighted by molar-refractivity contribution is 6.31. The van der Waals surface area contributed by atoms with Gasteiger partial charge in [-0.25, -0.2) is 0 Å². The van der Waals surface area contributed by atoms with Crippen LogP contribution in [0.25, 0.3) is 0 Å². The summed E-state index contributed by atoms with van der Waals surface area (Å²) in [7, 11) is 0. The molecule has 5 nitrogen and oxygen atoms in total. The Morgan fingerprint density at radius 3 is 2.78 bits per heavy atom. The van der Waals surface area contributed by atoms with Crippen LogP contribution in [0.5, 0.6) is 5.75 Å². The van der Waals surface area contributed by atoms with Crippen LogP contribution >= 0.6 is 11.6 Å². The highest BCUT2D eigenvalue weighted by Gasteiger charge is 2.09. The number of anilines is 1. The number of carbonyl (C=O) groups excluding carboxylic acids is 1. The van der Waals surface area contributed by atoms with E-state index in [9.17, 15) is 14.7 Å². The molecule has 0 saturated heterocycles. The molecule has 1 amide bonds. The number of pyridine rings is 1. The molecular weight excluding hydrogens is 256 g/mol. The van der Waals surface area contributed by atoms with Crippen molar-refractivity contribution in [2.75, 3.05) is 5.32 Å². The molecule has 0 aliphatic heterocycles. The number of amides is 1. The SMILES string of the molecule is O=C(Nc1cc(Cl)ccc1O)c1cc[nH]c(=O)c1. The highest BCUT2D eigenvalue weighted by atomic mass is 35.5. The molecule has 2 aromatic rings. The van der Waals surface area contributed by atoms with Crippen molar-refractivity contribution in [2.45, 2.75) is 0 Å². The first-order chi connectivity index (χ1) is 8.56. The van der Waals surface area contributed by atoms with Crippen LogP contribution in [0.3, 0.4) is 0 Å². The molecule has 2 rings (SSSR count).